The number of rotatable bonds is 0. The van der Waals surface area contributed by atoms with Gasteiger partial charge in [-0.2, -0.15) is 0 Å². The minimum absolute atomic E-state index is 0.111. The molecule has 0 aliphatic heterocycles. The lowest BCUT2D eigenvalue weighted by Crippen LogP contribution is -1.86. The Kier molecular flexibility index (Phi) is 1.77. The molecule has 0 atom stereocenters. The van der Waals surface area contributed by atoms with Crippen molar-refractivity contribution < 1.29 is 9.50 Å². The third kappa shape index (κ3) is 1.19. The molecular formula is C8H4ClFN2O. The molecule has 0 fully saturated rings. The lowest BCUT2D eigenvalue weighted by Gasteiger charge is -2.00. The average Bonchev–Trinajstić information content (AvgIpc) is 2.12. The van der Waals surface area contributed by atoms with Gasteiger partial charge in [0.2, 0.25) is 0 Å². The van der Waals surface area contributed by atoms with Gasteiger partial charge >= 0.3 is 0 Å². The third-order valence-electron chi connectivity index (χ3n) is 1.69. The van der Waals surface area contributed by atoms with E-state index in [0.717, 1.165) is 0 Å². The first-order valence-electron chi connectivity index (χ1n) is 3.47. The normalized spacial score (nSPS) is 10.6. The van der Waals surface area contributed by atoms with Gasteiger partial charge in [-0.1, -0.05) is 11.6 Å². The zero-order valence-electron chi connectivity index (χ0n) is 6.33. The van der Waals surface area contributed by atoms with Crippen molar-refractivity contribution in [2.24, 2.45) is 0 Å². The number of aromatic nitrogens is 2. The van der Waals surface area contributed by atoms with Gasteiger partial charge in [-0.25, -0.2) is 9.37 Å². The molecule has 0 unspecified atom stereocenters. The minimum atomic E-state index is -0.664. The van der Waals surface area contributed by atoms with Crippen LogP contribution in [0.15, 0.2) is 18.6 Å². The van der Waals surface area contributed by atoms with Gasteiger partial charge in [0.05, 0.1) is 6.20 Å². The fourth-order valence-corrected chi connectivity index (χ4v) is 1.21. The van der Waals surface area contributed by atoms with E-state index in [4.69, 9.17) is 11.6 Å². The van der Waals surface area contributed by atoms with E-state index in [9.17, 15) is 9.50 Å². The number of pyridine rings is 2. The van der Waals surface area contributed by atoms with Gasteiger partial charge in [-0.3, -0.25) is 4.98 Å². The van der Waals surface area contributed by atoms with E-state index < -0.39 is 5.82 Å². The smallest absolute Gasteiger partial charge is 0.169 e. The molecule has 0 bridgehead atoms. The van der Waals surface area contributed by atoms with Gasteiger partial charge in [-0.05, 0) is 0 Å². The van der Waals surface area contributed by atoms with Crippen LogP contribution in [0.25, 0.3) is 10.8 Å². The second-order valence-electron chi connectivity index (χ2n) is 2.48. The average molecular weight is 199 g/mol. The molecule has 0 spiro atoms. The summed E-state index contributed by atoms with van der Waals surface area (Å²) < 4.78 is 13.2. The van der Waals surface area contributed by atoms with E-state index in [1.54, 1.807) is 0 Å². The van der Waals surface area contributed by atoms with Crippen molar-refractivity contribution >= 4 is 22.4 Å². The van der Waals surface area contributed by atoms with E-state index in [0.29, 0.717) is 5.39 Å². The Labute approximate surface area is 77.8 Å². The summed E-state index contributed by atoms with van der Waals surface area (Å²) in [6.07, 6.45) is 3.81. The van der Waals surface area contributed by atoms with Crippen molar-refractivity contribution in [3.63, 3.8) is 0 Å². The summed E-state index contributed by atoms with van der Waals surface area (Å²) in [6.45, 7) is 0. The molecule has 66 valence electrons. The van der Waals surface area contributed by atoms with Gasteiger partial charge in [0.15, 0.2) is 11.0 Å². The van der Waals surface area contributed by atoms with Gasteiger partial charge in [0, 0.05) is 23.2 Å². The number of aromatic hydroxyl groups is 1. The summed E-state index contributed by atoms with van der Waals surface area (Å²) in [5, 5.41) is 9.52. The maximum Gasteiger partial charge on any atom is 0.169 e. The van der Waals surface area contributed by atoms with Gasteiger partial charge in [-0.15, -0.1) is 0 Å². The second-order valence-corrected chi connectivity index (χ2v) is 2.84. The first-order valence-corrected chi connectivity index (χ1v) is 3.84. The highest BCUT2D eigenvalue weighted by Crippen LogP contribution is 2.26. The van der Waals surface area contributed by atoms with Crippen molar-refractivity contribution in [2.45, 2.75) is 0 Å². The van der Waals surface area contributed by atoms with Gasteiger partial charge in [0.1, 0.15) is 5.75 Å². The number of halogens is 2. The van der Waals surface area contributed by atoms with Crippen LogP contribution in [-0.4, -0.2) is 15.1 Å². The van der Waals surface area contributed by atoms with Crippen LogP contribution in [0, 0.1) is 5.82 Å². The highest BCUT2D eigenvalue weighted by atomic mass is 35.5. The quantitative estimate of drug-likeness (QED) is 0.660. The van der Waals surface area contributed by atoms with Crippen LogP contribution >= 0.6 is 11.6 Å². The first-order chi connectivity index (χ1) is 6.20. The van der Waals surface area contributed by atoms with E-state index >= 15 is 0 Å². The fraction of sp³-hybridized carbons (Fsp3) is 0. The zero-order valence-corrected chi connectivity index (χ0v) is 7.09. The van der Waals surface area contributed by atoms with Crippen molar-refractivity contribution in [2.75, 3.05) is 0 Å². The Hall–Kier alpha value is -1.42. The van der Waals surface area contributed by atoms with Crippen molar-refractivity contribution in [1.29, 1.82) is 0 Å². The standard InChI is InChI=1S/C8H4ClFN2O/c9-8-7(10)5-1-11-3-6(13)4(5)2-12-8/h1-3,13H. The lowest BCUT2D eigenvalue weighted by molar-refractivity contribution is 0.478. The van der Waals surface area contributed by atoms with Crippen LogP contribution in [-0.2, 0) is 0 Å². The predicted molar refractivity (Wildman–Crippen MR) is 46.2 cm³/mol. The summed E-state index contributed by atoms with van der Waals surface area (Å²) in [6, 6.07) is 0. The molecule has 2 aromatic rings. The number of fused-ring (bicyclic) bond motifs is 1. The summed E-state index contributed by atoms with van der Waals surface area (Å²) in [5.74, 6) is -0.775. The molecule has 3 nitrogen and oxygen atoms in total. The van der Waals surface area contributed by atoms with Crippen LogP contribution in [0.1, 0.15) is 0 Å². The van der Waals surface area contributed by atoms with Crippen molar-refractivity contribution in [1.82, 2.24) is 9.97 Å². The van der Waals surface area contributed by atoms with E-state index in [-0.39, 0.29) is 16.3 Å². The zero-order chi connectivity index (χ0) is 9.42. The molecule has 13 heavy (non-hydrogen) atoms. The van der Waals surface area contributed by atoms with Crippen LogP contribution in [0.5, 0.6) is 5.75 Å². The highest BCUT2D eigenvalue weighted by molar-refractivity contribution is 6.30. The lowest BCUT2D eigenvalue weighted by atomic mass is 10.2. The largest absolute Gasteiger partial charge is 0.506 e. The molecule has 1 N–H and O–H groups in total. The SMILES string of the molecule is Oc1cncc2c(F)c(Cl)ncc12. The maximum absolute atomic E-state index is 13.2. The van der Waals surface area contributed by atoms with Crippen LogP contribution < -0.4 is 0 Å². The summed E-state index contributed by atoms with van der Waals surface area (Å²) >= 11 is 5.44. The molecule has 0 aromatic carbocycles. The molecule has 2 rings (SSSR count). The maximum atomic E-state index is 13.2. The summed E-state index contributed by atoms with van der Waals surface area (Å²) in [7, 11) is 0. The molecule has 2 aromatic heterocycles. The van der Waals surface area contributed by atoms with Crippen LogP contribution in [0.3, 0.4) is 0 Å². The second kappa shape index (κ2) is 2.81. The Morgan fingerprint density at radius 2 is 2.00 bits per heavy atom. The van der Waals surface area contributed by atoms with E-state index in [1.165, 1.54) is 18.6 Å². The first kappa shape index (κ1) is 8.19. The molecule has 0 amide bonds. The molecule has 5 heteroatoms. The van der Waals surface area contributed by atoms with Crippen molar-refractivity contribution in [3.8, 4) is 5.75 Å². The highest BCUT2D eigenvalue weighted by Gasteiger charge is 2.09. The minimum Gasteiger partial charge on any atom is -0.506 e. The molecule has 0 saturated carbocycles. The van der Waals surface area contributed by atoms with Gasteiger partial charge < -0.3 is 5.11 Å². The molecular weight excluding hydrogens is 195 g/mol. The Morgan fingerprint density at radius 3 is 2.77 bits per heavy atom. The molecule has 2 heterocycles. The molecule has 0 aliphatic carbocycles. The summed E-state index contributed by atoms with van der Waals surface area (Å²) in [5.41, 5.74) is 0. The Bertz CT molecular complexity index is 475. The molecule has 0 saturated heterocycles. The third-order valence-corrected chi connectivity index (χ3v) is 1.95. The monoisotopic (exact) mass is 198 g/mol. The number of hydrogen-bond donors (Lipinski definition) is 1. The van der Waals surface area contributed by atoms with Crippen molar-refractivity contribution in [3.05, 3.63) is 29.6 Å². The molecule has 0 radical (unpaired) electrons. The van der Waals surface area contributed by atoms with E-state index in [2.05, 4.69) is 9.97 Å². The number of nitrogens with zero attached hydrogens (tertiary/aromatic N) is 2. The number of hydrogen-bond acceptors (Lipinski definition) is 3. The van der Waals surface area contributed by atoms with E-state index in [1.807, 2.05) is 0 Å². The van der Waals surface area contributed by atoms with Gasteiger partial charge in [0.25, 0.3) is 0 Å². The Morgan fingerprint density at radius 1 is 1.23 bits per heavy atom. The fourth-order valence-electron chi connectivity index (χ4n) is 1.06. The predicted octanol–water partition coefficient (Wildman–Crippen LogP) is 2.13. The summed E-state index contributed by atoms with van der Waals surface area (Å²) in [4.78, 5) is 7.21. The topological polar surface area (TPSA) is 46.0 Å². The Balaban J connectivity index is 2.94. The van der Waals surface area contributed by atoms with Crippen LogP contribution in [0.4, 0.5) is 4.39 Å². The van der Waals surface area contributed by atoms with Crippen LogP contribution in [0.2, 0.25) is 5.15 Å². The molecule has 0 aliphatic rings.